The van der Waals surface area contributed by atoms with Crippen LogP contribution in [0, 0.1) is 22.5 Å². The van der Waals surface area contributed by atoms with Crippen molar-refractivity contribution in [2.24, 2.45) is 0 Å². The Kier molecular flexibility index (Phi) is 4.42. The van der Waals surface area contributed by atoms with E-state index in [0.717, 1.165) is 6.07 Å². The van der Waals surface area contributed by atoms with Crippen LogP contribution in [0.5, 0.6) is 0 Å². The average Bonchev–Trinajstić information content (AvgIpc) is 2.28. The Bertz CT molecular complexity index is 589. The monoisotopic (exact) mass is 268 g/mol. The number of hydrogen-bond acceptors (Lipinski definition) is 4. The van der Waals surface area contributed by atoms with Gasteiger partial charge in [-0.25, -0.2) is 13.1 Å². The number of terminal acetylenes is 1. The summed E-state index contributed by atoms with van der Waals surface area (Å²) in [4.78, 5) is 9.66. The number of sulfonamides is 1. The van der Waals surface area contributed by atoms with Crippen molar-refractivity contribution in [1.29, 1.82) is 0 Å². The molecule has 0 spiro atoms. The molecule has 0 bridgehead atoms. The first-order valence-corrected chi connectivity index (χ1v) is 6.56. The van der Waals surface area contributed by atoms with Crippen molar-refractivity contribution in [2.45, 2.75) is 24.3 Å². The highest BCUT2D eigenvalue weighted by atomic mass is 32.2. The number of rotatable bonds is 5. The van der Waals surface area contributed by atoms with Crippen molar-refractivity contribution in [3.05, 3.63) is 34.4 Å². The maximum Gasteiger partial charge on any atom is 0.289 e. The van der Waals surface area contributed by atoms with E-state index in [1.165, 1.54) is 18.2 Å². The van der Waals surface area contributed by atoms with Gasteiger partial charge in [-0.05, 0) is 13.0 Å². The minimum absolute atomic E-state index is 0.208. The zero-order valence-electron chi connectivity index (χ0n) is 9.66. The Morgan fingerprint density at radius 2 is 2.11 bits per heavy atom. The second-order valence-corrected chi connectivity index (χ2v) is 5.34. The molecule has 0 heterocycles. The second-order valence-electron chi connectivity index (χ2n) is 3.66. The maximum absolute atomic E-state index is 12.0. The van der Waals surface area contributed by atoms with Crippen LogP contribution >= 0.6 is 0 Å². The molecule has 1 atom stereocenters. The lowest BCUT2D eigenvalue weighted by Crippen LogP contribution is -2.32. The number of para-hydroxylation sites is 1. The fourth-order valence-electron chi connectivity index (χ4n) is 1.38. The first kappa shape index (κ1) is 14.2. The van der Waals surface area contributed by atoms with Crippen LogP contribution in [0.4, 0.5) is 5.69 Å². The number of nitrogens with zero attached hydrogens (tertiary/aromatic N) is 1. The molecule has 0 aliphatic rings. The highest BCUT2D eigenvalue weighted by Gasteiger charge is 2.26. The fourth-order valence-corrected chi connectivity index (χ4v) is 2.80. The van der Waals surface area contributed by atoms with Gasteiger partial charge in [0.2, 0.25) is 10.0 Å². The zero-order valence-corrected chi connectivity index (χ0v) is 10.5. The molecule has 1 N–H and O–H groups in total. The van der Waals surface area contributed by atoms with Crippen molar-refractivity contribution in [2.75, 3.05) is 0 Å². The number of nitro groups is 1. The zero-order chi connectivity index (χ0) is 13.8. The molecule has 0 aliphatic carbocycles. The summed E-state index contributed by atoms with van der Waals surface area (Å²) in [5.74, 6) is 2.32. The molecule has 1 unspecified atom stereocenters. The molecule has 1 rings (SSSR count). The molecule has 7 heteroatoms. The van der Waals surface area contributed by atoms with E-state index in [9.17, 15) is 18.5 Å². The van der Waals surface area contributed by atoms with Crippen LogP contribution < -0.4 is 4.72 Å². The Balaban J connectivity index is 3.14. The van der Waals surface area contributed by atoms with Crippen LogP contribution in [0.3, 0.4) is 0 Å². The number of nitro benzene ring substituents is 1. The van der Waals surface area contributed by atoms with Crippen LogP contribution in [-0.4, -0.2) is 19.4 Å². The van der Waals surface area contributed by atoms with Gasteiger partial charge in [0.15, 0.2) is 4.90 Å². The minimum atomic E-state index is -3.94. The van der Waals surface area contributed by atoms with Crippen molar-refractivity contribution in [1.82, 2.24) is 4.72 Å². The first-order chi connectivity index (χ1) is 8.38. The summed E-state index contributed by atoms with van der Waals surface area (Å²) in [7, 11) is -3.94. The average molecular weight is 268 g/mol. The van der Waals surface area contributed by atoms with E-state index in [1.807, 2.05) is 0 Å². The molecule has 0 amide bonds. The van der Waals surface area contributed by atoms with Gasteiger partial charge in [-0.15, -0.1) is 12.3 Å². The van der Waals surface area contributed by atoms with Crippen LogP contribution in [-0.2, 0) is 10.0 Å². The van der Waals surface area contributed by atoms with E-state index in [-0.39, 0.29) is 11.3 Å². The summed E-state index contributed by atoms with van der Waals surface area (Å²) >= 11 is 0. The van der Waals surface area contributed by atoms with Gasteiger partial charge in [-0.3, -0.25) is 10.1 Å². The first-order valence-electron chi connectivity index (χ1n) is 5.07. The maximum atomic E-state index is 12.0. The Labute approximate surface area is 105 Å². The standard InChI is InChI=1S/C11H12N2O4S/c1-3-6-9(2)12-18(16,17)11-8-5-4-7-10(11)13(14)15/h1,4-5,7-9,12H,6H2,2H3. The van der Waals surface area contributed by atoms with E-state index < -0.39 is 26.7 Å². The van der Waals surface area contributed by atoms with Gasteiger partial charge in [0.05, 0.1) is 4.92 Å². The smallest absolute Gasteiger partial charge is 0.258 e. The van der Waals surface area contributed by atoms with Gasteiger partial charge in [-0.1, -0.05) is 12.1 Å². The molecule has 6 nitrogen and oxygen atoms in total. The van der Waals surface area contributed by atoms with Crippen LogP contribution in [0.25, 0.3) is 0 Å². The highest BCUT2D eigenvalue weighted by Crippen LogP contribution is 2.22. The van der Waals surface area contributed by atoms with E-state index in [0.29, 0.717) is 0 Å². The van der Waals surface area contributed by atoms with E-state index in [1.54, 1.807) is 6.92 Å². The SMILES string of the molecule is C#CCC(C)NS(=O)(=O)c1ccccc1[N+](=O)[O-]. The molecule has 0 aromatic heterocycles. The highest BCUT2D eigenvalue weighted by molar-refractivity contribution is 7.89. The molecule has 1 aromatic carbocycles. The second kappa shape index (κ2) is 5.62. The lowest BCUT2D eigenvalue weighted by molar-refractivity contribution is -0.387. The number of benzene rings is 1. The third-order valence-corrected chi connectivity index (χ3v) is 3.77. The van der Waals surface area contributed by atoms with Crippen LogP contribution in [0.15, 0.2) is 29.2 Å². The predicted octanol–water partition coefficient (Wildman–Crippen LogP) is 1.28. The molecule has 0 radical (unpaired) electrons. The number of hydrogen-bond donors (Lipinski definition) is 1. The molecular weight excluding hydrogens is 256 g/mol. The lowest BCUT2D eigenvalue weighted by Gasteiger charge is -2.11. The molecule has 1 aromatic rings. The van der Waals surface area contributed by atoms with Gasteiger partial charge in [-0.2, -0.15) is 0 Å². The van der Waals surface area contributed by atoms with Gasteiger partial charge in [0, 0.05) is 18.5 Å². The summed E-state index contributed by atoms with van der Waals surface area (Å²) < 4.78 is 26.2. The van der Waals surface area contributed by atoms with Crippen LogP contribution in [0.2, 0.25) is 0 Å². The van der Waals surface area contributed by atoms with Crippen molar-refractivity contribution in [3.63, 3.8) is 0 Å². The molecule has 0 saturated heterocycles. The summed E-state index contributed by atoms with van der Waals surface area (Å²) in [6.07, 6.45) is 5.28. The van der Waals surface area contributed by atoms with Gasteiger partial charge in [0.1, 0.15) is 0 Å². The molecule has 0 fully saturated rings. The molecular formula is C11H12N2O4S. The summed E-state index contributed by atoms with van der Waals surface area (Å²) in [5.41, 5.74) is -0.460. The Morgan fingerprint density at radius 1 is 1.50 bits per heavy atom. The van der Waals surface area contributed by atoms with E-state index in [4.69, 9.17) is 6.42 Å². The Morgan fingerprint density at radius 3 is 2.67 bits per heavy atom. The molecule has 0 aliphatic heterocycles. The van der Waals surface area contributed by atoms with Crippen molar-refractivity contribution < 1.29 is 13.3 Å². The van der Waals surface area contributed by atoms with Crippen molar-refractivity contribution >= 4 is 15.7 Å². The van der Waals surface area contributed by atoms with Gasteiger partial charge >= 0.3 is 0 Å². The predicted molar refractivity (Wildman–Crippen MR) is 66.3 cm³/mol. The topological polar surface area (TPSA) is 89.3 Å². The Hall–Kier alpha value is -1.91. The molecule has 96 valence electrons. The number of nitrogens with one attached hydrogen (secondary N) is 1. The summed E-state index contributed by atoms with van der Waals surface area (Å²) in [6.45, 7) is 1.59. The quantitative estimate of drug-likeness (QED) is 0.495. The van der Waals surface area contributed by atoms with Gasteiger partial charge < -0.3 is 0 Å². The third-order valence-electron chi connectivity index (χ3n) is 2.13. The summed E-state index contributed by atoms with van der Waals surface area (Å²) in [5, 5.41) is 10.8. The van der Waals surface area contributed by atoms with Gasteiger partial charge in [0.25, 0.3) is 5.69 Å². The van der Waals surface area contributed by atoms with Crippen molar-refractivity contribution in [3.8, 4) is 12.3 Å². The summed E-state index contributed by atoms with van der Waals surface area (Å²) in [6, 6.07) is 4.67. The molecule has 0 saturated carbocycles. The van der Waals surface area contributed by atoms with E-state index in [2.05, 4.69) is 10.6 Å². The van der Waals surface area contributed by atoms with Crippen LogP contribution in [0.1, 0.15) is 13.3 Å². The molecule has 18 heavy (non-hydrogen) atoms. The minimum Gasteiger partial charge on any atom is -0.258 e. The largest absolute Gasteiger partial charge is 0.289 e. The fraction of sp³-hybridized carbons (Fsp3) is 0.273. The lowest BCUT2D eigenvalue weighted by atomic mass is 10.3. The third kappa shape index (κ3) is 3.29. The van der Waals surface area contributed by atoms with E-state index >= 15 is 0 Å². The normalized spacial score (nSPS) is 12.7.